The molecule has 0 radical (unpaired) electrons. The van der Waals surface area contributed by atoms with Crippen LogP contribution in [-0.2, 0) is 0 Å². The predicted molar refractivity (Wildman–Crippen MR) is 84.9 cm³/mol. The molecule has 0 atom stereocenters. The number of aliphatic hydroxyl groups excluding tert-OH is 1. The summed E-state index contributed by atoms with van der Waals surface area (Å²) in [5, 5.41) is 12.6. The fourth-order valence-electron chi connectivity index (χ4n) is 2.16. The van der Waals surface area contributed by atoms with Gasteiger partial charge < -0.3 is 14.8 Å². The van der Waals surface area contributed by atoms with Gasteiger partial charge in [0.2, 0.25) is 0 Å². The number of amides is 1. The Morgan fingerprint density at radius 3 is 2.77 bits per heavy atom. The van der Waals surface area contributed by atoms with Crippen molar-refractivity contribution in [2.45, 2.75) is 26.7 Å². The minimum atomic E-state index is -0.633. The Labute approximate surface area is 129 Å². The molecule has 0 unspecified atom stereocenters. The molecule has 1 aromatic heterocycles. The number of carbonyl (C=O) groups is 1. The molecule has 2 rings (SSSR count). The van der Waals surface area contributed by atoms with E-state index in [2.05, 4.69) is 5.32 Å². The highest BCUT2D eigenvalue weighted by molar-refractivity contribution is 5.96. The molecule has 0 aliphatic heterocycles. The zero-order valence-corrected chi connectivity index (χ0v) is 12.9. The third kappa shape index (κ3) is 3.95. The van der Waals surface area contributed by atoms with Crippen LogP contribution in [0.2, 0.25) is 0 Å². The van der Waals surface area contributed by atoms with Crippen LogP contribution >= 0.6 is 0 Å². The van der Waals surface area contributed by atoms with Crippen LogP contribution in [-0.4, -0.2) is 24.2 Å². The van der Waals surface area contributed by atoms with Gasteiger partial charge in [0.25, 0.3) is 5.91 Å². The van der Waals surface area contributed by atoms with Crippen molar-refractivity contribution in [2.24, 2.45) is 5.41 Å². The molecule has 2 N–H and O–H groups in total. The van der Waals surface area contributed by atoms with E-state index in [1.807, 2.05) is 19.9 Å². The Bertz CT molecular complexity index is 718. The summed E-state index contributed by atoms with van der Waals surface area (Å²) < 4.78 is 5.14. The molecule has 22 heavy (non-hydrogen) atoms. The van der Waals surface area contributed by atoms with E-state index in [9.17, 15) is 14.7 Å². The second-order valence-corrected chi connectivity index (χ2v) is 6.17. The van der Waals surface area contributed by atoms with Crippen LogP contribution in [0, 0.1) is 5.41 Å². The molecule has 0 bridgehead atoms. The van der Waals surface area contributed by atoms with E-state index in [4.69, 9.17) is 4.42 Å². The molecule has 0 saturated carbocycles. The summed E-state index contributed by atoms with van der Waals surface area (Å²) in [7, 11) is 0. The molecule has 1 heterocycles. The van der Waals surface area contributed by atoms with E-state index < -0.39 is 11.5 Å². The molecule has 0 fully saturated rings. The smallest absolute Gasteiger partial charge is 0.349 e. The molecule has 5 nitrogen and oxygen atoms in total. The zero-order chi connectivity index (χ0) is 16.2. The Hall–Kier alpha value is -2.14. The third-order valence-corrected chi connectivity index (χ3v) is 3.63. The van der Waals surface area contributed by atoms with Gasteiger partial charge in [0.05, 0.1) is 0 Å². The molecule has 0 aliphatic rings. The van der Waals surface area contributed by atoms with Crippen LogP contribution in [0.4, 0.5) is 0 Å². The first-order valence-corrected chi connectivity index (χ1v) is 7.35. The van der Waals surface area contributed by atoms with E-state index in [-0.39, 0.29) is 17.6 Å². The largest absolute Gasteiger partial charge is 0.422 e. The zero-order valence-electron chi connectivity index (χ0n) is 12.9. The van der Waals surface area contributed by atoms with Crippen molar-refractivity contribution < 1.29 is 14.3 Å². The SMILES string of the molecule is CC(C)(CO)CCCNC(=O)c1cc2ccccc2oc1=O. The van der Waals surface area contributed by atoms with E-state index in [1.54, 1.807) is 24.3 Å². The van der Waals surface area contributed by atoms with Crippen molar-refractivity contribution in [2.75, 3.05) is 13.2 Å². The van der Waals surface area contributed by atoms with Crippen molar-refractivity contribution in [1.82, 2.24) is 5.32 Å². The van der Waals surface area contributed by atoms with Crippen LogP contribution in [0.3, 0.4) is 0 Å². The van der Waals surface area contributed by atoms with Crippen molar-refractivity contribution in [1.29, 1.82) is 0 Å². The summed E-state index contributed by atoms with van der Waals surface area (Å²) in [4.78, 5) is 23.9. The number of rotatable bonds is 6. The van der Waals surface area contributed by atoms with Gasteiger partial charge in [-0.3, -0.25) is 4.79 Å². The summed E-state index contributed by atoms with van der Waals surface area (Å²) in [5.74, 6) is -0.429. The maximum absolute atomic E-state index is 12.1. The lowest BCUT2D eigenvalue weighted by Gasteiger charge is -2.21. The Morgan fingerprint density at radius 2 is 2.05 bits per heavy atom. The molecule has 0 spiro atoms. The highest BCUT2D eigenvalue weighted by Crippen LogP contribution is 2.20. The lowest BCUT2D eigenvalue weighted by Crippen LogP contribution is -2.30. The maximum atomic E-state index is 12.1. The first-order valence-electron chi connectivity index (χ1n) is 7.35. The predicted octanol–water partition coefficient (Wildman–Crippen LogP) is 2.32. The number of para-hydroxylation sites is 1. The monoisotopic (exact) mass is 303 g/mol. The number of aliphatic hydroxyl groups is 1. The average molecular weight is 303 g/mol. The van der Waals surface area contributed by atoms with Gasteiger partial charge in [-0.05, 0) is 30.4 Å². The van der Waals surface area contributed by atoms with Crippen LogP contribution in [0.15, 0.2) is 39.5 Å². The van der Waals surface area contributed by atoms with E-state index in [0.29, 0.717) is 17.5 Å². The van der Waals surface area contributed by atoms with E-state index in [0.717, 1.165) is 12.8 Å². The molecule has 0 saturated heterocycles. The number of benzene rings is 1. The second kappa shape index (κ2) is 6.75. The molecule has 118 valence electrons. The van der Waals surface area contributed by atoms with Crippen LogP contribution in [0.1, 0.15) is 37.0 Å². The fraction of sp³-hybridized carbons (Fsp3) is 0.412. The number of nitrogens with one attached hydrogen (secondary N) is 1. The molecule has 5 heteroatoms. The van der Waals surface area contributed by atoms with Crippen molar-refractivity contribution >= 4 is 16.9 Å². The van der Waals surface area contributed by atoms with E-state index in [1.165, 1.54) is 0 Å². The highest BCUT2D eigenvalue weighted by Gasteiger charge is 2.17. The Morgan fingerprint density at radius 1 is 1.32 bits per heavy atom. The van der Waals surface area contributed by atoms with Crippen molar-refractivity contribution in [3.05, 3.63) is 46.3 Å². The number of hydrogen-bond acceptors (Lipinski definition) is 4. The normalized spacial score (nSPS) is 11.6. The topological polar surface area (TPSA) is 79.5 Å². The molecule has 2 aromatic rings. The van der Waals surface area contributed by atoms with Crippen LogP contribution < -0.4 is 10.9 Å². The van der Waals surface area contributed by atoms with Crippen LogP contribution in [0.25, 0.3) is 11.0 Å². The molecular formula is C17H21NO4. The summed E-state index contributed by atoms with van der Waals surface area (Å²) in [6.45, 7) is 4.49. The first kappa shape index (κ1) is 16.2. The standard InChI is InChI=1S/C17H21NO4/c1-17(2,11-19)8-5-9-18-15(20)13-10-12-6-3-4-7-14(12)22-16(13)21/h3-4,6-7,10,19H,5,8-9,11H2,1-2H3,(H,18,20). The molecular weight excluding hydrogens is 282 g/mol. The number of fused-ring (bicyclic) bond motifs is 1. The lowest BCUT2D eigenvalue weighted by molar-refractivity contribution is 0.0945. The Balaban J connectivity index is 2.01. The maximum Gasteiger partial charge on any atom is 0.349 e. The first-order chi connectivity index (χ1) is 10.4. The van der Waals surface area contributed by atoms with Gasteiger partial charge in [-0.2, -0.15) is 0 Å². The number of carbonyl (C=O) groups excluding carboxylic acids is 1. The van der Waals surface area contributed by atoms with Gasteiger partial charge in [0.15, 0.2) is 0 Å². The van der Waals surface area contributed by atoms with Gasteiger partial charge in [0.1, 0.15) is 11.1 Å². The van der Waals surface area contributed by atoms with Gasteiger partial charge in [0, 0.05) is 18.5 Å². The molecule has 0 aliphatic carbocycles. The van der Waals surface area contributed by atoms with Gasteiger partial charge >= 0.3 is 5.63 Å². The lowest BCUT2D eigenvalue weighted by atomic mass is 9.89. The highest BCUT2D eigenvalue weighted by atomic mass is 16.4. The second-order valence-electron chi connectivity index (χ2n) is 6.17. The fourth-order valence-corrected chi connectivity index (χ4v) is 2.16. The summed E-state index contributed by atoms with van der Waals surface area (Å²) in [6.07, 6.45) is 1.52. The van der Waals surface area contributed by atoms with Gasteiger partial charge in [-0.1, -0.05) is 32.0 Å². The minimum absolute atomic E-state index is 0.0140. The summed E-state index contributed by atoms with van der Waals surface area (Å²) >= 11 is 0. The molecule has 1 aromatic carbocycles. The van der Waals surface area contributed by atoms with E-state index >= 15 is 0 Å². The minimum Gasteiger partial charge on any atom is -0.422 e. The quantitative estimate of drug-likeness (QED) is 0.634. The summed E-state index contributed by atoms with van der Waals surface area (Å²) in [6, 6.07) is 8.62. The molecule has 1 amide bonds. The summed E-state index contributed by atoms with van der Waals surface area (Å²) in [5.41, 5.74) is -0.312. The van der Waals surface area contributed by atoms with Gasteiger partial charge in [-0.25, -0.2) is 4.79 Å². The van der Waals surface area contributed by atoms with Crippen LogP contribution in [0.5, 0.6) is 0 Å². The van der Waals surface area contributed by atoms with Crippen molar-refractivity contribution in [3.63, 3.8) is 0 Å². The van der Waals surface area contributed by atoms with Gasteiger partial charge in [-0.15, -0.1) is 0 Å². The van der Waals surface area contributed by atoms with Crippen molar-refractivity contribution in [3.8, 4) is 0 Å². The number of hydrogen-bond donors (Lipinski definition) is 2. The average Bonchev–Trinajstić information content (AvgIpc) is 2.50. The third-order valence-electron chi connectivity index (χ3n) is 3.63. The Kier molecular flexibility index (Phi) is 4.98.